The lowest BCUT2D eigenvalue weighted by molar-refractivity contribution is -0.584. The van der Waals surface area contributed by atoms with Crippen LogP contribution < -0.4 is 0 Å². The van der Waals surface area contributed by atoms with Crippen molar-refractivity contribution in [3.8, 4) is 0 Å². The van der Waals surface area contributed by atoms with Gasteiger partial charge in [-0.15, -0.1) is 0 Å². The fourth-order valence-corrected chi connectivity index (χ4v) is 1.99. The summed E-state index contributed by atoms with van der Waals surface area (Å²) in [7, 11) is 0. The van der Waals surface area contributed by atoms with Gasteiger partial charge in [0, 0.05) is 18.4 Å². The Morgan fingerprint density at radius 2 is 2.00 bits per heavy atom. The number of hydrogen-bond acceptors (Lipinski definition) is 3. The van der Waals surface area contributed by atoms with Gasteiger partial charge in [0.05, 0.1) is 13.1 Å². The molecule has 0 radical (unpaired) electrons. The van der Waals surface area contributed by atoms with E-state index in [0.29, 0.717) is 13.1 Å². The van der Waals surface area contributed by atoms with Crippen LogP contribution in [0.3, 0.4) is 0 Å². The third-order valence-electron chi connectivity index (χ3n) is 2.82. The number of nitro groups is 1. The first-order valence-corrected chi connectivity index (χ1v) is 5.01. The van der Waals surface area contributed by atoms with Gasteiger partial charge in [0.25, 0.3) is 0 Å². The van der Waals surface area contributed by atoms with E-state index in [1.54, 1.807) is 6.92 Å². The number of likely N-dealkylation sites (tertiary alicyclic amines) is 1. The molecule has 4 heteroatoms. The third kappa shape index (κ3) is 1.99. The zero-order valence-corrected chi connectivity index (χ0v) is 8.72. The van der Waals surface area contributed by atoms with Crippen LogP contribution in [-0.4, -0.2) is 28.5 Å². The van der Waals surface area contributed by atoms with Gasteiger partial charge in [-0.1, -0.05) is 30.3 Å². The van der Waals surface area contributed by atoms with Crippen LogP contribution in [0.1, 0.15) is 12.5 Å². The number of rotatable bonds is 3. The fourth-order valence-electron chi connectivity index (χ4n) is 1.99. The maximum absolute atomic E-state index is 10.7. The van der Waals surface area contributed by atoms with E-state index in [4.69, 9.17) is 0 Å². The minimum atomic E-state index is -0.727. The van der Waals surface area contributed by atoms with Crippen molar-refractivity contribution < 1.29 is 4.92 Å². The van der Waals surface area contributed by atoms with Gasteiger partial charge in [0.1, 0.15) is 0 Å². The summed E-state index contributed by atoms with van der Waals surface area (Å²) in [5.41, 5.74) is 0.484. The van der Waals surface area contributed by atoms with Crippen LogP contribution in [0.25, 0.3) is 0 Å². The first-order valence-electron chi connectivity index (χ1n) is 5.01. The Morgan fingerprint density at radius 1 is 1.40 bits per heavy atom. The maximum Gasteiger partial charge on any atom is 0.244 e. The lowest BCUT2D eigenvalue weighted by atomic mass is 9.93. The Morgan fingerprint density at radius 3 is 2.53 bits per heavy atom. The first-order chi connectivity index (χ1) is 7.10. The van der Waals surface area contributed by atoms with Crippen molar-refractivity contribution in [3.05, 3.63) is 46.0 Å². The molecule has 0 saturated carbocycles. The summed E-state index contributed by atoms with van der Waals surface area (Å²) in [5.74, 6) is 0. The van der Waals surface area contributed by atoms with Crippen molar-refractivity contribution in [2.45, 2.75) is 19.0 Å². The van der Waals surface area contributed by atoms with Crippen molar-refractivity contribution in [3.63, 3.8) is 0 Å². The van der Waals surface area contributed by atoms with Gasteiger partial charge in [-0.3, -0.25) is 15.0 Å². The topological polar surface area (TPSA) is 46.4 Å². The molecule has 1 heterocycles. The summed E-state index contributed by atoms with van der Waals surface area (Å²) < 4.78 is 0. The van der Waals surface area contributed by atoms with Crippen molar-refractivity contribution in [1.82, 2.24) is 4.90 Å². The van der Waals surface area contributed by atoms with Crippen molar-refractivity contribution >= 4 is 0 Å². The Bertz CT molecular complexity index is 358. The van der Waals surface area contributed by atoms with Crippen molar-refractivity contribution in [1.29, 1.82) is 0 Å². The lowest BCUT2D eigenvalue weighted by Gasteiger charge is -2.40. The van der Waals surface area contributed by atoms with E-state index in [2.05, 4.69) is 4.90 Å². The normalized spacial score (nSPS) is 19.5. The smallest absolute Gasteiger partial charge is 0.244 e. The average Bonchev–Trinajstić information content (AvgIpc) is 2.16. The second-order valence-corrected chi connectivity index (χ2v) is 4.38. The summed E-state index contributed by atoms with van der Waals surface area (Å²) >= 11 is 0. The molecule has 1 aliphatic heterocycles. The first kappa shape index (κ1) is 10.1. The fraction of sp³-hybridized carbons (Fsp3) is 0.455. The molecule has 0 bridgehead atoms. The summed E-state index contributed by atoms with van der Waals surface area (Å²) in [6.07, 6.45) is 0. The minimum Gasteiger partial charge on any atom is -0.285 e. The highest BCUT2D eigenvalue weighted by atomic mass is 16.6. The molecule has 0 aliphatic carbocycles. The second-order valence-electron chi connectivity index (χ2n) is 4.38. The van der Waals surface area contributed by atoms with Gasteiger partial charge >= 0.3 is 0 Å². The van der Waals surface area contributed by atoms with Gasteiger partial charge in [-0.25, -0.2) is 0 Å². The van der Waals surface area contributed by atoms with Gasteiger partial charge in [-0.2, -0.15) is 0 Å². The number of nitrogens with zero attached hydrogens (tertiary/aromatic N) is 2. The predicted molar refractivity (Wildman–Crippen MR) is 57.1 cm³/mol. The van der Waals surface area contributed by atoms with Crippen LogP contribution in [0.15, 0.2) is 30.3 Å². The molecule has 0 aromatic heterocycles. The van der Waals surface area contributed by atoms with E-state index in [0.717, 1.165) is 6.54 Å². The summed E-state index contributed by atoms with van der Waals surface area (Å²) in [6.45, 7) is 3.61. The molecule has 0 atom stereocenters. The predicted octanol–water partition coefficient (Wildman–Crippen LogP) is 1.54. The Labute approximate surface area is 88.7 Å². The summed E-state index contributed by atoms with van der Waals surface area (Å²) in [5, 5.41) is 10.7. The molecule has 0 N–H and O–H groups in total. The van der Waals surface area contributed by atoms with E-state index in [1.165, 1.54) is 5.56 Å². The number of benzene rings is 1. The molecule has 15 heavy (non-hydrogen) atoms. The second kappa shape index (κ2) is 3.62. The molecule has 0 amide bonds. The van der Waals surface area contributed by atoms with Gasteiger partial charge in [0.15, 0.2) is 0 Å². The van der Waals surface area contributed by atoms with Crippen LogP contribution in [0.2, 0.25) is 0 Å². The molecule has 0 unspecified atom stereocenters. The molecule has 1 fully saturated rings. The SMILES string of the molecule is CC1([N+](=O)[O-])CN(Cc2ccccc2)C1. The molecule has 1 aromatic carbocycles. The molecule has 80 valence electrons. The maximum atomic E-state index is 10.7. The quantitative estimate of drug-likeness (QED) is 0.556. The highest BCUT2D eigenvalue weighted by molar-refractivity contribution is 5.15. The van der Waals surface area contributed by atoms with Gasteiger partial charge in [-0.05, 0) is 5.56 Å². The Balaban J connectivity index is 1.89. The average molecular weight is 206 g/mol. The van der Waals surface area contributed by atoms with E-state index < -0.39 is 5.54 Å². The van der Waals surface area contributed by atoms with Gasteiger partial charge < -0.3 is 0 Å². The molecular weight excluding hydrogens is 192 g/mol. The van der Waals surface area contributed by atoms with Crippen LogP contribution in [0, 0.1) is 10.1 Å². The minimum absolute atomic E-state index is 0.172. The lowest BCUT2D eigenvalue weighted by Crippen LogP contribution is -2.63. The standard InChI is InChI=1S/C11H14N2O2/c1-11(13(14)15)8-12(9-11)7-10-5-3-2-4-6-10/h2-6H,7-9H2,1H3. The monoisotopic (exact) mass is 206 g/mol. The molecule has 0 spiro atoms. The molecular formula is C11H14N2O2. The summed E-state index contributed by atoms with van der Waals surface area (Å²) in [6, 6.07) is 10.0. The van der Waals surface area contributed by atoms with E-state index >= 15 is 0 Å². The molecule has 4 nitrogen and oxygen atoms in total. The van der Waals surface area contributed by atoms with Crippen molar-refractivity contribution in [2.24, 2.45) is 0 Å². The molecule has 2 rings (SSSR count). The Hall–Kier alpha value is -1.42. The van der Waals surface area contributed by atoms with Gasteiger partial charge in [0.2, 0.25) is 5.54 Å². The van der Waals surface area contributed by atoms with Crippen LogP contribution >= 0.6 is 0 Å². The van der Waals surface area contributed by atoms with E-state index in [-0.39, 0.29) is 4.92 Å². The third-order valence-corrected chi connectivity index (χ3v) is 2.82. The van der Waals surface area contributed by atoms with E-state index in [9.17, 15) is 10.1 Å². The molecule has 1 saturated heterocycles. The van der Waals surface area contributed by atoms with E-state index in [1.807, 2.05) is 30.3 Å². The zero-order valence-electron chi connectivity index (χ0n) is 8.72. The molecule has 1 aromatic rings. The highest BCUT2D eigenvalue weighted by Crippen LogP contribution is 2.25. The van der Waals surface area contributed by atoms with Crippen LogP contribution in [0.5, 0.6) is 0 Å². The van der Waals surface area contributed by atoms with Crippen LogP contribution in [0.4, 0.5) is 0 Å². The van der Waals surface area contributed by atoms with Crippen LogP contribution in [-0.2, 0) is 6.54 Å². The zero-order chi connectivity index (χ0) is 10.9. The molecule has 1 aliphatic rings. The van der Waals surface area contributed by atoms with Crippen molar-refractivity contribution in [2.75, 3.05) is 13.1 Å². The largest absolute Gasteiger partial charge is 0.285 e. The highest BCUT2D eigenvalue weighted by Gasteiger charge is 2.49. The Kier molecular flexibility index (Phi) is 2.44. The number of hydrogen-bond donors (Lipinski definition) is 0. The summed E-state index contributed by atoms with van der Waals surface area (Å²) in [4.78, 5) is 12.6.